The number of hydrogen-bond donors (Lipinski definition) is 0. The van der Waals surface area contributed by atoms with Gasteiger partial charge in [0.1, 0.15) is 5.75 Å². The molecule has 0 bridgehead atoms. The quantitative estimate of drug-likeness (QED) is 0.282. The van der Waals surface area contributed by atoms with Crippen LogP contribution >= 0.6 is 0 Å². The van der Waals surface area contributed by atoms with Crippen LogP contribution in [-0.2, 0) is 16.6 Å². The van der Waals surface area contributed by atoms with Crippen LogP contribution in [0.15, 0.2) is 42.5 Å². The zero-order valence-electron chi connectivity index (χ0n) is 21.8. The molecule has 0 radical (unpaired) electrons. The average Bonchev–Trinajstić information content (AvgIpc) is 2.84. The summed E-state index contributed by atoms with van der Waals surface area (Å²) in [6.45, 7) is 9.48. The number of methoxy groups -OCH3 is 1. The maximum atomic E-state index is 12.2. The Morgan fingerprint density at radius 2 is 1.89 bits per heavy atom. The summed E-state index contributed by atoms with van der Waals surface area (Å²) in [5.74, 6) is 0.293. The Morgan fingerprint density at radius 1 is 1.14 bits per heavy atom. The summed E-state index contributed by atoms with van der Waals surface area (Å²) in [7, 11) is 3.61. The molecular weight excluding hydrogens is 440 g/mol. The molecule has 1 atom stereocenters. The second-order valence-corrected chi connectivity index (χ2v) is 9.62. The number of carbonyl (C=O) groups is 2. The lowest BCUT2D eigenvalue weighted by molar-refractivity contribution is 0.0377. The van der Waals surface area contributed by atoms with Crippen LogP contribution in [0.3, 0.4) is 0 Å². The first-order chi connectivity index (χ1) is 16.7. The number of aldehydes is 1. The van der Waals surface area contributed by atoms with Gasteiger partial charge in [-0.05, 0) is 88.0 Å². The lowest BCUT2D eigenvalue weighted by atomic mass is 9.69. The van der Waals surface area contributed by atoms with Gasteiger partial charge in [-0.2, -0.15) is 5.26 Å². The number of benzene rings is 2. The molecule has 0 spiro atoms. The highest BCUT2D eigenvalue weighted by Crippen LogP contribution is 2.38. The van der Waals surface area contributed by atoms with Crippen molar-refractivity contribution in [3.05, 3.63) is 64.7 Å². The largest absolute Gasteiger partial charge is 0.496 e. The van der Waals surface area contributed by atoms with Crippen molar-refractivity contribution in [3.8, 4) is 11.8 Å². The van der Waals surface area contributed by atoms with Crippen molar-refractivity contribution in [1.82, 2.24) is 4.90 Å². The van der Waals surface area contributed by atoms with Gasteiger partial charge in [0, 0.05) is 6.54 Å². The summed E-state index contributed by atoms with van der Waals surface area (Å²) in [4.78, 5) is 25.7. The first-order valence-corrected chi connectivity index (χ1v) is 12.2. The molecule has 0 amide bonds. The third-order valence-electron chi connectivity index (χ3n) is 6.46. The van der Waals surface area contributed by atoms with Crippen LogP contribution in [0.25, 0.3) is 0 Å². The summed E-state index contributed by atoms with van der Waals surface area (Å²) in [5, 5.41) is 10.2. The van der Waals surface area contributed by atoms with E-state index >= 15 is 0 Å². The van der Waals surface area contributed by atoms with Gasteiger partial charge in [-0.3, -0.25) is 4.79 Å². The van der Waals surface area contributed by atoms with Crippen LogP contribution in [0.2, 0.25) is 0 Å². The van der Waals surface area contributed by atoms with Crippen molar-refractivity contribution in [2.75, 3.05) is 27.2 Å². The fraction of sp³-hybridized carbons (Fsp3) is 0.483. The molecule has 0 aliphatic carbocycles. The molecule has 0 saturated heterocycles. The van der Waals surface area contributed by atoms with E-state index in [2.05, 4.69) is 31.9 Å². The standard InChI is InChI=1S/C29H38N2O4/c1-21(2)29(20-30,26-12-11-25(19-32)27(18-26)34-6)14-8-15-31(5)16-13-23-9-7-10-24(17-23)28(33)35-22(3)4/h7,9-12,17-19,21-22H,8,13-16H2,1-6H3. The molecule has 2 aromatic rings. The van der Waals surface area contributed by atoms with Gasteiger partial charge < -0.3 is 14.4 Å². The van der Waals surface area contributed by atoms with Gasteiger partial charge in [0.25, 0.3) is 0 Å². The van der Waals surface area contributed by atoms with Gasteiger partial charge in [-0.25, -0.2) is 4.79 Å². The summed E-state index contributed by atoms with van der Waals surface area (Å²) in [5.41, 5.74) is 2.36. The van der Waals surface area contributed by atoms with Crippen molar-refractivity contribution >= 4 is 12.3 Å². The maximum Gasteiger partial charge on any atom is 0.338 e. The lowest BCUT2D eigenvalue weighted by Gasteiger charge is -2.32. The van der Waals surface area contributed by atoms with Crippen molar-refractivity contribution < 1.29 is 19.1 Å². The first-order valence-electron chi connectivity index (χ1n) is 12.2. The molecule has 6 nitrogen and oxygen atoms in total. The number of likely N-dealkylation sites (N-methyl/N-ethyl adjacent to an activating group) is 1. The molecule has 0 aromatic heterocycles. The maximum absolute atomic E-state index is 12.2. The third kappa shape index (κ3) is 7.40. The minimum absolute atomic E-state index is 0.0953. The molecule has 0 N–H and O–H groups in total. The van der Waals surface area contributed by atoms with Gasteiger partial charge >= 0.3 is 5.97 Å². The minimum atomic E-state index is -0.666. The second kappa shape index (κ2) is 13.1. The van der Waals surface area contributed by atoms with Crippen LogP contribution in [0.5, 0.6) is 5.75 Å². The van der Waals surface area contributed by atoms with Crippen LogP contribution in [0.1, 0.15) is 72.4 Å². The average molecular weight is 479 g/mol. The number of hydrogen-bond acceptors (Lipinski definition) is 6. The van der Waals surface area contributed by atoms with Crippen molar-refractivity contribution in [2.45, 2.75) is 58.5 Å². The highest BCUT2D eigenvalue weighted by molar-refractivity contribution is 5.89. The Morgan fingerprint density at radius 3 is 2.49 bits per heavy atom. The number of ether oxygens (including phenoxy) is 2. The van der Waals surface area contributed by atoms with E-state index in [9.17, 15) is 14.9 Å². The fourth-order valence-electron chi connectivity index (χ4n) is 4.30. The molecule has 2 rings (SSSR count). The Bertz CT molecular complexity index is 1040. The van der Waals surface area contributed by atoms with Crippen LogP contribution in [-0.4, -0.2) is 50.5 Å². The molecule has 0 aliphatic heterocycles. The molecule has 35 heavy (non-hydrogen) atoms. The number of nitriles is 1. The van der Waals surface area contributed by atoms with E-state index in [-0.39, 0.29) is 18.0 Å². The third-order valence-corrected chi connectivity index (χ3v) is 6.46. The topological polar surface area (TPSA) is 79.6 Å². The van der Waals surface area contributed by atoms with Crippen LogP contribution in [0, 0.1) is 17.2 Å². The summed E-state index contributed by atoms with van der Waals surface area (Å²) >= 11 is 0. The van der Waals surface area contributed by atoms with E-state index < -0.39 is 5.41 Å². The van der Waals surface area contributed by atoms with Crippen molar-refractivity contribution in [3.63, 3.8) is 0 Å². The van der Waals surface area contributed by atoms with E-state index in [1.165, 1.54) is 7.11 Å². The summed E-state index contributed by atoms with van der Waals surface area (Å²) in [6, 6.07) is 15.6. The van der Waals surface area contributed by atoms with Crippen LogP contribution in [0.4, 0.5) is 0 Å². The smallest absolute Gasteiger partial charge is 0.338 e. The lowest BCUT2D eigenvalue weighted by Crippen LogP contribution is -2.32. The zero-order chi connectivity index (χ0) is 26.0. The van der Waals surface area contributed by atoms with Gasteiger partial charge in [-0.1, -0.05) is 32.0 Å². The predicted octanol–water partition coefficient (Wildman–Crippen LogP) is 5.44. The molecule has 0 heterocycles. The summed E-state index contributed by atoms with van der Waals surface area (Å²) < 4.78 is 10.7. The minimum Gasteiger partial charge on any atom is -0.496 e. The molecule has 2 aromatic carbocycles. The van der Waals surface area contributed by atoms with Crippen molar-refractivity contribution in [1.29, 1.82) is 5.26 Å². The van der Waals surface area contributed by atoms with Crippen LogP contribution < -0.4 is 4.74 Å². The van der Waals surface area contributed by atoms with E-state index in [1.807, 2.05) is 44.2 Å². The van der Waals surface area contributed by atoms with Gasteiger partial charge in [0.2, 0.25) is 0 Å². The van der Waals surface area contributed by atoms with E-state index in [1.54, 1.807) is 12.1 Å². The molecule has 1 unspecified atom stereocenters. The molecule has 0 saturated carbocycles. The Kier molecular flexibility index (Phi) is 10.5. The van der Waals surface area contributed by atoms with E-state index in [0.29, 0.717) is 23.3 Å². The Hall–Kier alpha value is -3.17. The molecule has 0 aliphatic rings. The van der Waals surface area contributed by atoms with Gasteiger partial charge in [0.15, 0.2) is 6.29 Å². The normalized spacial score (nSPS) is 12.9. The fourth-order valence-corrected chi connectivity index (χ4v) is 4.30. The van der Waals surface area contributed by atoms with Gasteiger partial charge in [0.05, 0.1) is 35.8 Å². The SMILES string of the molecule is COc1cc(C(C#N)(CCCN(C)CCc2cccc(C(=O)OC(C)C)c2)C(C)C)ccc1C=O. The molecule has 6 heteroatoms. The van der Waals surface area contributed by atoms with E-state index in [4.69, 9.17) is 9.47 Å². The highest BCUT2D eigenvalue weighted by atomic mass is 16.5. The monoisotopic (exact) mass is 478 g/mol. The van der Waals surface area contributed by atoms with Gasteiger partial charge in [-0.15, -0.1) is 0 Å². The summed E-state index contributed by atoms with van der Waals surface area (Å²) in [6.07, 6.45) is 2.99. The number of esters is 1. The Labute approximate surface area is 209 Å². The molecule has 0 fully saturated rings. The second-order valence-electron chi connectivity index (χ2n) is 9.62. The predicted molar refractivity (Wildman–Crippen MR) is 138 cm³/mol. The van der Waals surface area contributed by atoms with Crippen molar-refractivity contribution in [2.24, 2.45) is 5.92 Å². The Balaban J connectivity index is 2.01. The first kappa shape index (κ1) is 28.1. The number of rotatable bonds is 13. The number of nitrogens with zero attached hydrogens (tertiary/aromatic N) is 2. The highest BCUT2D eigenvalue weighted by Gasteiger charge is 2.36. The molecule has 188 valence electrons. The number of carbonyl (C=O) groups excluding carboxylic acids is 2. The zero-order valence-corrected chi connectivity index (χ0v) is 21.8. The molecular formula is C29H38N2O4. The van der Waals surface area contributed by atoms with E-state index in [0.717, 1.165) is 43.3 Å².